The van der Waals surface area contributed by atoms with Crippen molar-refractivity contribution in [2.45, 2.75) is 39.4 Å². The second kappa shape index (κ2) is 7.70. The maximum absolute atomic E-state index is 5.80. The van der Waals surface area contributed by atoms with Crippen LogP contribution in [-0.4, -0.2) is 4.98 Å². The van der Waals surface area contributed by atoms with Crippen molar-refractivity contribution in [2.24, 2.45) is 0 Å². The van der Waals surface area contributed by atoms with Gasteiger partial charge in [-0.15, -0.1) is 0 Å². The molecule has 0 fully saturated rings. The summed E-state index contributed by atoms with van der Waals surface area (Å²) >= 11 is 1.52. The minimum Gasteiger partial charge on any atom is -0.488 e. The van der Waals surface area contributed by atoms with Crippen LogP contribution in [0.1, 0.15) is 36.8 Å². The fourth-order valence-electron chi connectivity index (χ4n) is 2.34. The van der Waals surface area contributed by atoms with E-state index >= 15 is 0 Å². The molecule has 0 N–H and O–H groups in total. The number of thiazole rings is 1. The second-order valence-electron chi connectivity index (χ2n) is 6.93. The molecule has 25 heavy (non-hydrogen) atoms. The van der Waals surface area contributed by atoms with E-state index < -0.39 is 0 Å². The van der Waals surface area contributed by atoms with Crippen LogP contribution in [0.15, 0.2) is 60.8 Å². The molecule has 0 spiro atoms. The summed E-state index contributed by atoms with van der Waals surface area (Å²) in [7, 11) is 0. The maximum atomic E-state index is 5.80. The Kier molecular flexibility index (Phi) is 5.39. The van der Waals surface area contributed by atoms with E-state index in [1.54, 1.807) is 0 Å². The summed E-state index contributed by atoms with van der Waals surface area (Å²) in [5.41, 5.74) is 2.64. The van der Waals surface area contributed by atoms with Crippen molar-refractivity contribution in [3.05, 3.63) is 76.8 Å². The lowest BCUT2D eigenvalue weighted by Gasteiger charge is -2.19. The van der Waals surface area contributed by atoms with Crippen LogP contribution in [0.4, 0.5) is 0 Å². The average molecular weight is 353 g/mol. The van der Waals surface area contributed by atoms with Gasteiger partial charge in [0.1, 0.15) is 19.0 Å². The van der Waals surface area contributed by atoms with Gasteiger partial charge in [-0.3, -0.25) is 0 Å². The smallest absolute Gasteiger partial charge is 0.273 e. The molecule has 0 radical (unpaired) electrons. The van der Waals surface area contributed by atoms with Gasteiger partial charge in [0.25, 0.3) is 5.19 Å². The molecular weight excluding hydrogens is 330 g/mol. The average Bonchev–Trinajstić information content (AvgIpc) is 3.07. The highest BCUT2D eigenvalue weighted by Crippen LogP contribution is 2.25. The summed E-state index contributed by atoms with van der Waals surface area (Å²) in [5, 5.41) is 0.673. The summed E-state index contributed by atoms with van der Waals surface area (Å²) in [6.07, 6.45) is 1.81. The number of rotatable bonds is 6. The van der Waals surface area contributed by atoms with E-state index in [0.717, 1.165) is 16.2 Å². The van der Waals surface area contributed by atoms with E-state index in [1.165, 1.54) is 16.9 Å². The number of nitrogens with zero attached hydrogens (tertiary/aromatic N) is 1. The molecule has 0 saturated heterocycles. The molecule has 1 heterocycles. The first-order chi connectivity index (χ1) is 12.0. The molecule has 0 unspecified atom stereocenters. The van der Waals surface area contributed by atoms with Crippen molar-refractivity contribution in [3.8, 4) is 10.9 Å². The zero-order chi connectivity index (χ0) is 17.7. The number of hydrogen-bond acceptors (Lipinski definition) is 4. The Labute approximate surface area is 153 Å². The fraction of sp³-hybridized carbons (Fsp3) is 0.286. The van der Waals surface area contributed by atoms with E-state index in [9.17, 15) is 0 Å². The molecule has 0 aliphatic heterocycles. The van der Waals surface area contributed by atoms with Gasteiger partial charge in [0, 0.05) is 6.20 Å². The minimum atomic E-state index is 0.169. The second-order valence-corrected chi connectivity index (χ2v) is 8.01. The topological polar surface area (TPSA) is 31.4 Å². The lowest BCUT2D eigenvalue weighted by molar-refractivity contribution is 0.304. The summed E-state index contributed by atoms with van der Waals surface area (Å²) in [5.74, 6) is 0.859. The molecule has 0 amide bonds. The van der Waals surface area contributed by atoms with Crippen molar-refractivity contribution in [1.29, 1.82) is 0 Å². The Morgan fingerprint density at radius 1 is 0.880 bits per heavy atom. The Morgan fingerprint density at radius 3 is 2.28 bits per heavy atom. The summed E-state index contributed by atoms with van der Waals surface area (Å²) in [6.45, 7) is 7.68. The largest absolute Gasteiger partial charge is 0.488 e. The predicted octanol–water partition coefficient (Wildman–Crippen LogP) is 5.60. The van der Waals surface area contributed by atoms with Crippen LogP contribution in [0.25, 0.3) is 0 Å². The van der Waals surface area contributed by atoms with Gasteiger partial charge in [-0.2, -0.15) is 0 Å². The van der Waals surface area contributed by atoms with Crippen molar-refractivity contribution < 1.29 is 9.47 Å². The van der Waals surface area contributed by atoms with Gasteiger partial charge in [0.15, 0.2) is 0 Å². The maximum Gasteiger partial charge on any atom is 0.273 e. The molecule has 3 nitrogen and oxygen atoms in total. The Bertz CT molecular complexity index is 789. The highest BCUT2D eigenvalue weighted by atomic mass is 32.1. The Hall–Kier alpha value is -2.33. The van der Waals surface area contributed by atoms with Crippen LogP contribution in [0.3, 0.4) is 0 Å². The Balaban J connectivity index is 1.51. The molecule has 0 aliphatic rings. The number of para-hydroxylation sites is 1. The third-order valence-corrected chi connectivity index (χ3v) is 4.72. The minimum absolute atomic E-state index is 0.169. The Morgan fingerprint density at radius 2 is 1.60 bits per heavy atom. The monoisotopic (exact) mass is 353 g/mol. The molecule has 1 aromatic heterocycles. The van der Waals surface area contributed by atoms with Crippen LogP contribution in [0.5, 0.6) is 10.9 Å². The number of aromatic nitrogens is 1. The number of ether oxygens (including phenoxy) is 2. The molecule has 3 aromatic rings. The third kappa shape index (κ3) is 5.07. The highest BCUT2D eigenvalue weighted by molar-refractivity contribution is 7.13. The molecule has 0 atom stereocenters. The first kappa shape index (κ1) is 17.5. The summed E-state index contributed by atoms with van der Waals surface area (Å²) < 4.78 is 11.5. The highest BCUT2D eigenvalue weighted by Gasteiger charge is 2.13. The van der Waals surface area contributed by atoms with Crippen LogP contribution in [-0.2, 0) is 18.6 Å². The van der Waals surface area contributed by atoms with Crippen LogP contribution in [0.2, 0.25) is 0 Å². The van der Waals surface area contributed by atoms with Gasteiger partial charge in [0.05, 0.1) is 4.88 Å². The van der Waals surface area contributed by atoms with Crippen molar-refractivity contribution in [1.82, 2.24) is 4.98 Å². The van der Waals surface area contributed by atoms with E-state index in [-0.39, 0.29) is 5.41 Å². The fourth-order valence-corrected chi connectivity index (χ4v) is 3.01. The van der Waals surface area contributed by atoms with Gasteiger partial charge in [0.2, 0.25) is 0 Å². The zero-order valence-electron chi connectivity index (χ0n) is 14.9. The number of benzene rings is 2. The van der Waals surface area contributed by atoms with Crippen LogP contribution >= 0.6 is 11.3 Å². The van der Waals surface area contributed by atoms with Crippen molar-refractivity contribution in [2.75, 3.05) is 0 Å². The summed E-state index contributed by atoms with van der Waals surface area (Å²) in [4.78, 5) is 5.36. The first-order valence-electron chi connectivity index (χ1n) is 8.35. The molecule has 4 heteroatoms. The van der Waals surface area contributed by atoms with Crippen LogP contribution < -0.4 is 9.47 Å². The first-order valence-corrected chi connectivity index (χ1v) is 9.17. The molecule has 130 valence electrons. The van der Waals surface area contributed by atoms with Gasteiger partial charge in [-0.1, -0.05) is 74.6 Å². The van der Waals surface area contributed by atoms with E-state index in [1.807, 2.05) is 36.5 Å². The van der Waals surface area contributed by atoms with E-state index in [2.05, 4.69) is 50.0 Å². The van der Waals surface area contributed by atoms with Gasteiger partial charge in [-0.25, -0.2) is 4.98 Å². The quantitative estimate of drug-likeness (QED) is 0.578. The molecule has 3 rings (SSSR count). The van der Waals surface area contributed by atoms with Crippen molar-refractivity contribution in [3.63, 3.8) is 0 Å². The lowest BCUT2D eigenvalue weighted by atomic mass is 9.87. The van der Waals surface area contributed by atoms with E-state index in [0.29, 0.717) is 18.4 Å². The molecule has 0 saturated carbocycles. The van der Waals surface area contributed by atoms with E-state index in [4.69, 9.17) is 9.47 Å². The lowest BCUT2D eigenvalue weighted by Crippen LogP contribution is -2.10. The number of hydrogen-bond donors (Lipinski definition) is 0. The predicted molar refractivity (Wildman–Crippen MR) is 102 cm³/mol. The van der Waals surface area contributed by atoms with Gasteiger partial charge in [-0.05, 0) is 28.7 Å². The van der Waals surface area contributed by atoms with Gasteiger partial charge >= 0.3 is 0 Å². The molecule has 0 aliphatic carbocycles. The third-order valence-electron chi connectivity index (χ3n) is 3.84. The molecular formula is C21H23NO2S. The van der Waals surface area contributed by atoms with Crippen LogP contribution in [0, 0.1) is 0 Å². The normalized spacial score (nSPS) is 11.3. The zero-order valence-corrected chi connectivity index (χ0v) is 15.7. The standard InChI is InChI=1S/C21H23NO2S/c1-21(2,3)17-11-9-16(10-12-17)14-24-20-22-13-19(25-20)15-23-18-7-5-4-6-8-18/h4-13H,14-15H2,1-3H3. The summed E-state index contributed by atoms with van der Waals surface area (Å²) in [6, 6.07) is 18.3. The SMILES string of the molecule is CC(C)(C)c1ccc(COc2ncc(COc3ccccc3)s2)cc1. The molecule has 2 aromatic carbocycles. The molecule has 0 bridgehead atoms. The van der Waals surface area contributed by atoms with Crippen molar-refractivity contribution >= 4 is 11.3 Å². The van der Waals surface area contributed by atoms with Gasteiger partial charge < -0.3 is 9.47 Å².